The molecule has 0 bridgehead atoms. The zero-order valence-corrected chi connectivity index (χ0v) is 21.2. The van der Waals surface area contributed by atoms with Crippen molar-refractivity contribution in [1.82, 2.24) is 25.0 Å². The molecule has 0 radical (unpaired) electrons. The molecule has 1 aromatic rings. The van der Waals surface area contributed by atoms with Gasteiger partial charge in [-0.05, 0) is 18.7 Å². The minimum atomic E-state index is -1.20. The predicted octanol–water partition coefficient (Wildman–Crippen LogP) is -1.21. The fourth-order valence-corrected chi connectivity index (χ4v) is 4.63. The summed E-state index contributed by atoms with van der Waals surface area (Å²) < 4.78 is 4.69. The number of likely N-dealkylation sites (N-methyl/N-ethyl adjacent to an activating group) is 1. The molecule has 37 heavy (non-hydrogen) atoms. The lowest BCUT2D eigenvalue weighted by molar-refractivity contribution is -0.160. The summed E-state index contributed by atoms with van der Waals surface area (Å²) in [6.45, 7) is 4.05. The summed E-state index contributed by atoms with van der Waals surface area (Å²) in [5.41, 5.74) is 1.03. The number of rotatable bonds is 10. The van der Waals surface area contributed by atoms with Gasteiger partial charge in [-0.2, -0.15) is 0 Å². The van der Waals surface area contributed by atoms with Crippen LogP contribution in [0.3, 0.4) is 0 Å². The number of hydrogen-bond acceptors (Lipinski definition) is 9. The van der Waals surface area contributed by atoms with Gasteiger partial charge in [-0.25, -0.2) is 0 Å². The highest BCUT2D eigenvalue weighted by Gasteiger charge is 2.42. The maximum Gasteiger partial charge on any atom is 0.323 e. The van der Waals surface area contributed by atoms with Crippen LogP contribution in [0.15, 0.2) is 24.5 Å². The molecule has 0 spiro atoms. The number of carboxylic acids is 1. The van der Waals surface area contributed by atoms with E-state index in [4.69, 9.17) is 9.84 Å². The van der Waals surface area contributed by atoms with Crippen molar-refractivity contribution in [3.05, 3.63) is 24.5 Å². The van der Waals surface area contributed by atoms with Gasteiger partial charge in [0.2, 0.25) is 17.7 Å². The van der Waals surface area contributed by atoms with Crippen LogP contribution in [0.4, 0.5) is 5.69 Å². The van der Waals surface area contributed by atoms with E-state index in [9.17, 15) is 24.0 Å². The second-order valence-corrected chi connectivity index (χ2v) is 8.87. The van der Waals surface area contributed by atoms with Gasteiger partial charge in [-0.1, -0.05) is 6.92 Å². The number of ether oxygens (including phenoxy) is 1. The van der Waals surface area contributed by atoms with Crippen molar-refractivity contribution in [2.75, 3.05) is 64.4 Å². The number of esters is 1. The number of hydrogen-bond donors (Lipinski definition) is 2. The van der Waals surface area contributed by atoms with Crippen LogP contribution in [0.25, 0.3) is 0 Å². The Morgan fingerprint density at radius 3 is 2.38 bits per heavy atom. The Bertz CT molecular complexity index is 983. The van der Waals surface area contributed by atoms with E-state index in [0.717, 1.165) is 10.6 Å². The molecule has 202 valence electrons. The molecule has 2 N–H and O–H groups in total. The van der Waals surface area contributed by atoms with Gasteiger partial charge in [0.05, 0.1) is 26.0 Å². The van der Waals surface area contributed by atoms with E-state index in [1.54, 1.807) is 24.2 Å². The lowest BCUT2D eigenvalue weighted by Crippen LogP contribution is -2.63. The summed E-state index contributed by atoms with van der Waals surface area (Å²) in [6.07, 6.45) is 2.94. The van der Waals surface area contributed by atoms with Gasteiger partial charge in [-0.15, -0.1) is 0 Å². The Morgan fingerprint density at radius 2 is 1.78 bits per heavy atom. The van der Waals surface area contributed by atoms with Gasteiger partial charge in [0.15, 0.2) is 0 Å². The number of carboxylic acid groups (broad SMARTS) is 1. The summed E-state index contributed by atoms with van der Waals surface area (Å²) in [6, 6.07) is 1.74. The average molecular weight is 519 g/mol. The Labute approximate surface area is 215 Å². The molecule has 3 amide bonds. The second kappa shape index (κ2) is 13.0. The number of aromatic nitrogens is 1. The fraction of sp³-hybridized carbons (Fsp3) is 0.583. The van der Waals surface area contributed by atoms with Crippen LogP contribution >= 0.6 is 0 Å². The summed E-state index contributed by atoms with van der Waals surface area (Å²) >= 11 is 0. The van der Waals surface area contributed by atoms with E-state index >= 15 is 0 Å². The quantitative estimate of drug-likeness (QED) is 0.361. The van der Waals surface area contributed by atoms with Crippen LogP contribution < -0.4 is 10.2 Å². The second-order valence-electron chi connectivity index (χ2n) is 8.87. The van der Waals surface area contributed by atoms with E-state index in [1.807, 2.05) is 12.1 Å². The van der Waals surface area contributed by atoms with E-state index < -0.39 is 48.8 Å². The van der Waals surface area contributed by atoms with Gasteiger partial charge in [0.25, 0.3) is 0 Å². The Morgan fingerprint density at radius 1 is 1.11 bits per heavy atom. The number of carbonyl (C=O) groups is 5. The molecule has 13 nitrogen and oxygen atoms in total. The molecule has 2 fully saturated rings. The number of piperazine rings is 2. The summed E-state index contributed by atoms with van der Waals surface area (Å²) in [5, 5.41) is 12.2. The number of nitrogens with zero attached hydrogens (tertiary/aromatic N) is 5. The smallest absolute Gasteiger partial charge is 0.323 e. The fourth-order valence-electron chi connectivity index (χ4n) is 4.63. The van der Waals surface area contributed by atoms with Crippen LogP contribution in [-0.2, 0) is 28.7 Å². The molecule has 1 aromatic heterocycles. The Hall–Kier alpha value is -3.74. The first-order valence-electron chi connectivity index (χ1n) is 12.3. The summed E-state index contributed by atoms with van der Waals surface area (Å²) in [5.74, 6) is -3.19. The normalized spacial score (nSPS) is 19.0. The number of nitrogens with one attached hydrogen (secondary N) is 1. The zero-order valence-electron chi connectivity index (χ0n) is 21.2. The highest BCUT2D eigenvalue weighted by atomic mass is 16.5. The van der Waals surface area contributed by atoms with Crippen molar-refractivity contribution in [2.24, 2.45) is 0 Å². The first-order valence-corrected chi connectivity index (χ1v) is 12.3. The lowest BCUT2D eigenvalue weighted by atomic mass is 10.0. The van der Waals surface area contributed by atoms with Crippen molar-refractivity contribution < 1.29 is 33.8 Å². The Kier molecular flexibility index (Phi) is 9.78. The van der Waals surface area contributed by atoms with Crippen LogP contribution in [-0.4, -0.2) is 126 Å². The molecular weight excluding hydrogens is 484 g/mol. The average Bonchev–Trinajstić information content (AvgIpc) is 2.90. The highest BCUT2D eigenvalue weighted by molar-refractivity contribution is 5.96. The predicted molar refractivity (Wildman–Crippen MR) is 131 cm³/mol. The SMILES string of the molecule is CCN[C@@H](CC(=O)N1CCN(c2ccncc2)CC1)C(=O)N1CCN(CC(=O)O)C(=O)[C@H]1CC(=O)OC. The number of pyridine rings is 1. The third kappa shape index (κ3) is 7.15. The monoisotopic (exact) mass is 518 g/mol. The standard InChI is InChI=1S/C24H34N6O7/c1-3-26-18(14-20(31)28-10-8-27(9-11-28)17-4-6-25-7-5-17)23(35)30-13-12-29(16-21(32)33)24(36)19(30)15-22(34)37-2/h4-7,18-19,26H,3,8-16H2,1-2H3,(H,32,33)/t18-,19+/m0/s1. The van der Waals surface area contributed by atoms with Crippen LogP contribution in [0.1, 0.15) is 19.8 Å². The van der Waals surface area contributed by atoms with E-state index in [1.165, 1.54) is 12.0 Å². The lowest BCUT2D eigenvalue weighted by Gasteiger charge is -2.41. The molecule has 2 aliphatic rings. The van der Waals surface area contributed by atoms with Crippen molar-refractivity contribution in [2.45, 2.75) is 31.8 Å². The first-order chi connectivity index (χ1) is 17.7. The van der Waals surface area contributed by atoms with Crippen LogP contribution in [0, 0.1) is 0 Å². The van der Waals surface area contributed by atoms with Gasteiger partial charge in [0.1, 0.15) is 12.6 Å². The first kappa shape index (κ1) is 27.8. The number of methoxy groups -OCH3 is 1. The molecule has 2 atom stereocenters. The molecule has 2 aliphatic heterocycles. The van der Waals surface area contributed by atoms with Gasteiger partial charge in [0, 0.05) is 57.3 Å². The van der Waals surface area contributed by atoms with Crippen molar-refractivity contribution in [3.63, 3.8) is 0 Å². The van der Waals surface area contributed by atoms with Gasteiger partial charge in [-0.3, -0.25) is 29.0 Å². The topological polar surface area (TPSA) is 153 Å². The van der Waals surface area contributed by atoms with Crippen molar-refractivity contribution in [3.8, 4) is 0 Å². The number of amides is 3. The maximum absolute atomic E-state index is 13.5. The minimum Gasteiger partial charge on any atom is -0.480 e. The van der Waals surface area contributed by atoms with Crippen LogP contribution in [0.5, 0.6) is 0 Å². The minimum absolute atomic E-state index is 0.0122. The van der Waals surface area contributed by atoms with Gasteiger partial charge >= 0.3 is 11.9 Å². The molecular formula is C24H34N6O7. The summed E-state index contributed by atoms with van der Waals surface area (Å²) in [7, 11) is 1.17. The molecule has 13 heteroatoms. The zero-order chi connectivity index (χ0) is 26.9. The molecule has 2 saturated heterocycles. The van der Waals surface area contributed by atoms with Gasteiger partial charge < -0.3 is 34.8 Å². The molecule has 0 saturated carbocycles. The Balaban J connectivity index is 1.67. The summed E-state index contributed by atoms with van der Waals surface area (Å²) in [4.78, 5) is 73.1. The van der Waals surface area contributed by atoms with Crippen LogP contribution in [0.2, 0.25) is 0 Å². The molecule has 3 heterocycles. The van der Waals surface area contributed by atoms with E-state index in [-0.39, 0.29) is 25.4 Å². The molecule has 3 rings (SSSR count). The van der Waals surface area contributed by atoms with Crippen molar-refractivity contribution in [1.29, 1.82) is 0 Å². The molecule has 0 aromatic carbocycles. The molecule has 0 unspecified atom stereocenters. The maximum atomic E-state index is 13.5. The van der Waals surface area contributed by atoms with E-state index in [0.29, 0.717) is 32.7 Å². The third-order valence-electron chi connectivity index (χ3n) is 6.57. The van der Waals surface area contributed by atoms with E-state index in [2.05, 4.69) is 15.2 Å². The number of aliphatic carboxylic acids is 1. The third-order valence-corrected chi connectivity index (χ3v) is 6.57. The number of anilines is 1. The van der Waals surface area contributed by atoms with Crippen molar-refractivity contribution >= 4 is 35.3 Å². The largest absolute Gasteiger partial charge is 0.480 e. The highest BCUT2D eigenvalue weighted by Crippen LogP contribution is 2.19. The number of carbonyl (C=O) groups excluding carboxylic acids is 4. The molecule has 0 aliphatic carbocycles.